The number of halogens is 1. The predicted molar refractivity (Wildman–Crippen MR) is 100 cm³/mol. The highest BCUT2D eigenvalue weighted by molar-refractivity contribution is 6.30. The summed E-state index contributed by atoms with van der Waals surface area (Å²) in [5, 5.41) is 7.63. The van der Waals surface area contributed by atoms with Crippen molar-refractivity contribution in [1.82, 2.24) is 5.01 Å². The predicted octanol–water partition coefficient (Wildman–Crippen LogP) is 5.73. The van der Waals surface area contributed by atoms with Crippen LogP contribution in [0.1, 0.15) is 38.7 Å². The summed E-state index contributed by atoms with van der Waals surface area (Å²) in [6, 6.07) is 16.3. The maximum atomic E-state index is 5.90. The molecule has 0 spiro atoms. The summed E-state index contributed by atoms with van der Waals surface area (Å²) < 4.78 is 5.87. The summed E-state index contributed by atoms with van der Waals surface area (Å²) in [5.41, 5.74) is 1.03. The lowest BCUT2D eigenvalue weighted by atomic mass is 10.00. The van der Waals surface area contributed by atoms with Crippen molar-refractivity contribution in [1.29, 1.82) is 0 Å². The molecule has 1 fully saturated rings. The summed E-state index contributed by atoms with van der Waals surface area (Å²) in [4.78, 5) is 0. The van der Waals surface area contributed by atoms with Crippen LogP contribution in [0.25, 0.3) is 0 Å². The normalized spacial score (nSPS) is 21.2. The molecule has 3 nitrogen and oxygen atoms in total. The zero-order valence-electron chi connectivity index (χ0n) is 14.2. The molecule has 1 heterocycles. The Bertz CT molecular complexity index is 689. The zero-order valence-corrected chi connectivity index (χ0v) is 14.9. The smallest absolute Gasteiger partial charge is 0.128 e. The quantitative estimate of drug-likeness (QED) is 0.663. The van der Waals surface area contributed by atoms with Crippen LogP contribution in [0.4, 0.5) is 0 Å². The Hall–Kier alpha value is -2.00. The highest BCUT2D eigenvalue weighted by Gasteiger charge is 2.22. The molecule has 0 aliphatic carbocycles. The topological polar surface area (TPSA) is 24.8 Å². The number of nitrogens with zero attached hydrogens (tertiary/aromatic N) is 2. The number of hydrazone groups is 1. The molecule has 2 atom stereocenters. The van der Waals surface area contributed by atoms with Crippen LogP contribution in [-0.4, -0.2) is 23.3 Å². The number of rotatable bonds is 4. The van der Waals surface area contributed by atoms with Gasteiger partial charge in [0.05, 0.1) is 6.21 Å². The van der Waals surface area contributed by atoms with Gasteiger partial charge in [-0.1, -0.05) is 23.7 Å². The lowest BCUT2D eigenvalue weighted by Gasteiger charge is -2.36. The second-order valence-corrected chi connectivity index (χ2v) is 6.82. The van der Waals surface area contributed by atoms with E-state index in [4.69, 9.17) is 21.4 Å². The van der Waals surface area contributed by atoms with Crippen molar-refractivity contribution in [2.75, 3.05) is 0 Å². The fourth-order valence-corrected chi connectivity index (χ4v) is 3.19. The Balaban J connectivity index is 1.70. The monoisotopic (exact) mass is 342 g/mol. The SMILES string of the molecule is CC1CCCC(C)N1N=Cc1cccc(Oc2ccc(Cl)cc2)c1. The van der Waals surface area contributed by atoms with E-state index in [1.165, 1.54) is 19.3 Å². The molecule has 0 aromatic heterocycles. The van der Waals surface area contributed by atoms with Crippen molar-refractivity contribution >= 4 is 17.8 Å². The minimum Gasteiger partial charge on any atom is -0.457 e. The van der Waals surface area contributed by atoms with Gasteiger partial charge in [-0.25, -0.2) is 0 Å². The molecule has 0 N–H and O–H groups in total. The van der Waals surface area contributed by atoms with E-state index in [2.05, 4.69) is 18.9 Å². The van der Waals surface area contributed by atoms with Crippen LogP contribution in [0.3, 0.4) is 0 Å². The molecule has 0 saturated carbocycles. The van der Waals surface area contributed by atoms with Crippen LogP contribution in [0.5, 0.6) is 11.5 Å². The standard InChI is InChI=1S/C20H23ClN2O/c1-15-5-3-6-16(2)23(15)22-14-17-7-4-8-20(13-17)24-19-11-9-18(21)10-12-19/h4,7-16H,3,5-6H2,1-2H3. The fourth-order valence-electron chi connectivity index (χ4n) is 3.07. The summed E-state index contributed by atoms with van der Waals surface area (Å²) in [7, 11) is 0. The van der Waals surface area contributed by atoms with E-state index in [9.17, 15) is 0 Å². The molecule has 126 valence electrons. The van der Waals surface area contributed by atoms with Crippen LogP contribution in [0, 0.1) is 0 Å². The van der Waals surface area contributed by atoms with Gasteiger partial charge >= 0.3 is 0 Å². The number of hydrogen-bond donors (Lipinski definition) is 0. The average Bonchev–Trinajstić information content (AvgIpc) is 2.57. The minimum atomic E-state index is 0.499. The minimum absolute atomic E-state index is 0.499. The summed E-state index contributed by atoms with van der Waals surface area (Å²) in [6.45, 7) is 4.49. The molecular formula is C20H23ClN2O. The molecule has 0 bridgehead atoms. The maximum absolute atomic E-state index is 5.90. The Morgan fingerprint density at radius 1 is 1.04 bits per heavy atom. The zero-order chi connectivity index (χ0) is 16.9. The maximum Gasteiger partial charge on any atom is 0.128 e. The van der Waals surface area contributed by atoms with Crippen molar-refractivity contribution in [3.05, 3.63) is 59.1 Å². The Morgan fingerprint density at radius 3 is 2.46 bits per heavy atom. The first-order valence-corrected chi connectivity index (χ1v) is 8.85. The molecule has 2 aromatic rings. The van der Waals surface area contributed by atoms with E-state index in [1.54, 1.807) is 0 Å². The second kappa shape index (κ2) is 7.71. The molecule has 0 radical (unpaired) electrons. The van der Waals surface area contributed by atoms with E-state index < -0.39 is 0 Å². The van der Waals surface area contributed by atoms with Crippen LogP contribution in [0.2, 0.25) is 5.02 Å². The Kier molecular flexibility index (Phi) is 5.41. The van der Waals surface area contributed by atoms with Gasteiger partial charge in [0.2, 0.25) is 0 Å². The average molecular weight is 343 g/mol. The first-order chi connectivity index (χ1) is 11.6. The lowest BCUT2D eigenvalue weighted by molar-refractivity contribution is 0.109. The Labute approximate surface area is 148 Å². The van der Waals surface area contributed by atoms with Gasteiger partial charge < -0.3 is 4.74 Å². The molecule has 24 heavy (non-hydrogen) atoms. The van der Waals surface area contributed by atoms with Gasteiger partial charge in [-0.2, -0.15) is 5.10 Å². The van der Waals surface area contributed by atoms with Crippen LogP contribution in [0.15, 0.2) is 53.6 Å². The largest absolute Gasteiger partial charge is 0.457 e. The molecule has 4 heteroatoms. The first-order valence-electron chi connectivity index (χ1n) is 8.47. The third-order valence-corrected chi connectivity index (χ3v) is 4.65. The van der Waals surface area contributed by atoms with Crippen molar-refractivity contribution in [3.8, 4) is 11.5 Å². The van der Waals surface area contributed by atoms with Crippen LogP contribution < -0.4 is 4.74 Å². The number of benzene rings is 2. The summed E-state index contributed by atoms with van der Waals surface area (Å²) >= 11 is 5.90. The van der Waals surface area contributed by atoms with Crippen molar-refractivity contribution < 1.29 is 4.74 Å². The molecule has 1 aliphatic rings. The molecular weight excluding hydrogens is 320 g/mol. The van der Waals surface area contributed by atoms with Crippen molar-refractivity contribution in [3.63, 3.8) is 0 Å². The first kappa shape index (κ1) is 16.8. The van der Waals surface area contributed by atoms with E-state index >= 15 is 0 Å². The third-order valence-electron chi connectivity index (χ3n) is 4.39. The second-order valence-electron chi connectivity index (χ2n) is 6.38. The van der Waals surface area contributed by atoms with E-state index in [0.717, 1.165) is 17.1 Å². The van der Waals surface area contributed by atoms with Gasteiger partial charge in [0, 0.05) is 17.1 Å². The van der Waals surface area contributed by atoms with Gasteiger partial charge in [-0.3, -0.25) is 5.01 Å². The van der Waals surface area contributed by atoms with Gasteiger partial charge in [-0.05, 0) is 75.1 Å². The molecule has 2 aromatic carbocycles. The number of ether oxygens (including phenoxy) is 1. The molecule has 1 saturated heterocycles. The van der Waals surface area contributed by atoms with E-state index in [-0.39, 0.29) is 0 Å². The highest BCUT2D eigenvalue weighted by atomic mass is 35.5. The summed E-state index contributed by atoms with van der Waals surface area (Å²) in [6.07, 6.45) is 5.63. The Morgan fingerprint density at radius 2 is 1.75 bits per heavy atom. The highest BCUT2D eigenvalue weighted by Crippen LogP contribution is 2.25. The molecule has 0 amide bonds. The van der Waals surface area contributed by atoms with Crippen LogP contribution in [-0.2, 0) is 0 Å². The van der Waals surface area contributed by atoms with E-state index in [1.807, 2.05) is 54.7 Å². The molecule has 3 rings (SSSR count). The van der Waals surface area contributed by atoms with Gasteiger partial charge in [0.15, 0.2) is 0 Å². The number of piperidine rings is 1. The molecule has 2 unspecified atom stereocenters. The van der Waals surface area contributed by atoms with Crippen molar-refractivity contribution in [2.45, 2.75) is 45.2 Å². The molecule has 1 aliphatic heterocycles. The summed E-state index contributed by atoms with van der Waals surface area (Å²) in [5.74, 6) is 1.56. The van der Waals surface area contributed by atoms with Crippen molar-refractivity contribution in [2.24, 2.45) is 5.10 Å². The lowest BCUT2D eigenvalue weighted by Crippen LogP contribution is -2.39. The number of hydrogen-bond acceptors (Lipinski definition) is 3. The third kappa shape index (κ3) is 4.30. The van der Waals surface area contributed by atoms with Gasteiger partial charge in [-0.15, -0.1) is 0 Å². The van der Waals surface area contributed by atoms with E-state index in [0.29, 0.717) is 17.1 Å². The van der Waals surface area contributed by atoms with Gasteiger partial charge in [0.1, 0.15) is 11.5 Å². The van der Waals surface area contributed by atoms with Crippen LogP contribution >= 0.6 is 11.6 Å². The van der Waals surface area contributed by atoms with Gasteiger partial charge in [0.25, 0.3) is 0 Å². The fraction of sp³-hybridized carbons (Fsp3) is 0.350.